The van der Waals surface area contributed by atoms with Crippen LogP contribution in [-0.2, 0) is 0 Å². The summed E-state index contributed by atoms with van der Waals surface area (Å²) in [5.41, 5.74) is 1.26. The standard InChI is InChI=1S/C14H16N4O2/c1-20-13-7-6-10(17-18-13)14-15-11(8-12(19)16-14)9-4-2-3-5-9/h6-9H,2-5H2,1H3,(H,15,16,19). The maximum atomic E-state index is 11.8. The van der Waals surface area contributed by atoms with Crippen LogP contribution >= 0.6 is 0 Å². The largest absolute Gasteiger partial charge is 0.480 e. The number of hydrogen-bond donors (Lipinski definition) is 1. The topological polar surface area (TPSA) is 80.8 Å². The van der Waals surface area contributed by atoms with Crippen molar-refractivity contribution in [1.29, 1.82) is 0 Å². The molecule has 6 nitrogen and oxygen atoms in total. The van der Waals surface area contributed by atoms with Gasteiger partial charge in [-0.05, 0) is 18.9 Å². The summed E-state index contributed by atoms with van der Waals surface area (Å²) in [5, 5.41) is 7.92. The van der Waals surface area contributed by atoms with E-state index in [-0.39, 0.29) is 5.56 Å². The SMILES string of the molecule is COc1ccc(-c2nc(C3CCCC3)cc(=O)[nH]2)nn1. The molecular formula is C14H16N4O2. The van der Waals surface area contributed by atoms with Crippen molar-refractivity contribution in [3.63, 3.8) is 0 Å². The lowest BCUT2D eigenvalue weighted by atomic mass is 10.0. The van der Waals surface area contributed by atoms with E-state index in [1.165, 1.54) is 20.0 Å². The second-order valence-electron chi connectivity index (χ2n) is 4.96. The zero-order valence-electron chi connectivity index (χ0n) is 11.3. The van der Waals surface area contributed by atoms with Crippen LogP contribution in [0.15, 0.2) is 23.0 Å². The van der Waals surface area contributed by atoms with Crippen molar-refractivity contribution in [2.45, 2.75) is 31.6 Å². The van der Waals surface area contributed by atoms with Gasteiger partial charge in [0.2, 0.25) is 5.88 Å². The molecule has 0 unspecified atom stereocenters. The normalized spacial score (nSPS) is 15.4. The van der Waals surface area contributed by atoms with Crippen LogP contribution in [0.2, 0.25) is 0 Å². The second-order valence-corrected chi connectivity index (χ2v) is 4.96. The average molecular weight is 272 g/mol. The van der Waals surface area contributed by atoms with E-state index in [0.29, 0.717) is 23.3 Å². The van der Waals surface area contributed by atoms with Gasteiger partial charge in [0.05, 0.1) is 12.8 Å². The molecule has 0 saturated heterocycles. The van der Waals surface area contributed by atoms with Crippen LogP contribution in [0.4, 0.5) is 0 Å². The van der Waals surface area contributed by atoms with Gasteiger partial charge in [0, 0.05) is 18.1 Å². The Bertz CT molecular complexity index is 645. The van der Waals surface area contributed by atoms with Gasteiger partial charge in [-0.25, -0.2) is 4.98 Å². The second kappa shape index (κ2) is 5.40. The first kappa shape index (κ1) is 12.8. The fourth-order valence-electron chi connectivity index (χ4n) is 2.58. The minimum atomic E-state index is -0.144. The quantitative estimate of drug-likeness (QED) is 0.922. The van der Waals surface area contributed by atoms with Crippen LogP contribution in [0, 0.1) is 0 Å². The van der Waals surface area contributed by atoms with Gasteiger partial charge in [-0.1, -0.05) is 12.8 Å². The number of H-pyrrole nitrogens is 1. The van der Waals surface area contributed by atoms with Gasteiger partial charge in [0.15, 0.2) is 5.82 Å². The highest BCUT2D eigenvalue weighted by molar-refractivity contribution is 5.48. The van der Waals surface area contributed by atoms with Gasteiger partial charge in [0.25, 0.3) is 5.56 Å². The van der Waals surface area contributed by atoms with Crippen LogP contribution in [0.3, 0.4) is 0 Å². The summed E-state index contributed by atoms with van der Waals surface area (Å²) in [6.45, 7) is 0. The Kier molecular flexibility index (Phi) is 3.45. The summed E-state index contributed by atoms with van der Waals surface area (Å²) < 4.78 is 4.97. The molecule has 0 aliphatic heterocycles. The highest BCUT2D eigenvalue weighted by Crippen LogP contribution is 2.32. The van der Waals surface area contributed by atoms with Crippen molar-refractivity contribution in [2.24, 2.45) is 0 Å². The predicted octanol–water partition coefficient (Wildman–Crippen LogP) is 1.89. The molecule has 2 heterocycles. The van der Waals surface area contributed by atoms with Crippen LogP contribution in [0.25, 0.3) is 11.5 Å². The number of rotatable bonds is 3. The zero-order valence-corrected chi connectivity index (χ0v) is 11.3. The summed E-state index contributed by atoms with van der Waals surface area (Å²) >= 11 is 0. The minimum Gasteiger partial charge on any atom is -0.480 e. The van der Waals surface area contributed by atoms with Crippen molar-refractivity contribution in [2.75, 3.05) is 7.11 Å². The molecular weight excluding hydrogens is 256 g/mol. The molecule has 6 heteroatoms. The van der Waals surface area contributed by atoms with Crippen molar-refractivity contribution in [3.8, 4) is 17.4 Å². The molecule has 0 aromatic carbocycles. The molecule has 1 aliphatic carbocycles. The molecule has 1 fully saturated rings. The van der Waals surface area contributed by atoms with E-state index >= 15 is 0 Å². The number of methoxy groups -OCH3 is 1. The lowest BCUT2D eigenvalue weighted by molar-refractivity contribution is 0.392. The Labute approximate surface area is 116 Å². The van der Waals surface area contributed by atoms with Gasteiger partial charge >= 0.3 is 0 Å². The number of aromatic nitrogens is 4. The monoisotopic (exact) mass is 272 g/mol. The van der Waals surface area contributed by atoms with Gasteiger partial charge < -0.3 is 9.72 Å². The first-order chi connectivity index (χ1) is 9.76. The molecule has 1 N–H and O–H groups in total. The van der Waals surface area contributed by atoms with Crippen molar-refractivity contribution >= 4 is 0 Å². The van der Waals surface area contributed by atoms with E-state index in [4.69, 9.17) is 4.74 Å². The fourth-order valence-corrected chi connectivity index (χ4v) is 2.58. The van der Waals surface area contributed by atoms with E-state index in [2.05, 4.69) is 20.2 Å². The molecule has 2 aromatic rings. The number of aromatic amines is 1. The summed E-state index contributed by atoms with van der Waals surface area (Å²) in [7, 11) is 1.53. The number of nitrogens with one attached hydrogen (secondary N) is 1. The lowest BCUT2D eigenvalue weighted by Gasteiger charge is -2.09. The Balaban J connectivity index is 1.97. The third-order valence-corrected chi connectivity index (χ3v) is 3.63. The molecule has 0 bridgehead atoms. The lowest BCUT2D eigenvalue weighted by Crippen LogP contribution is -2.12. The smallest absolute Gasteiger partial charge is 0.251 e. The third kappa shape index (κ3) is 2.54. The molecule has 20 heavy (non-hydrogen) atoms. The van der Waals surface area contributed by atoms with Crippen molar-refractivity contribution < 1.29 is 4.74 Å². The first-order valence-electron chi connectivity index (χ1n) is 6.75. The number of nitrogens with zero attached hydrogens (tertiary/aromatic N) is 3. The van der Waals surface area contributed by atoms with Gasteiger partial charge in [-0.2, -0.15) is 0 Å². The predicted molar refractivity (Wildman–Crippen MR) is 73.6 cm³/mol. The Hall–Kier alpha value is -2.24. The Morgan fingerprint density at radius 3 is 2.70 bits per heavy atom. The minimum absolute atomic E-state index is 0.144. The summed E-state index contributed by atoms with van der Waals surface area (Å²) in [6, 6.07) is 5.03. The zero-order chi connectivity index (χ0) is 13.9. The van der Waals surface area contributed by atoms with E-state index in [0.717, 1.165) is 18.5 Å². The maximum Gasteiger partial charge on any atom is 0.251 e. The fraction of sp³-hybridized carbons (Fsp3) is 0.429. The molecule has 0 radical (unpaired) electrons. The summed E-state index contributed by atoms with van der Waals surface area (Å²) in [6.07, 6.45) is 4.61. The van der Waals surface area contributed by atoms with Crippen LogP contribution in [0.1, 0.15) is 37.3 Å². The third-order valence-electron chi connectivity index (χ3n) is 3.63. The van der Waals surface area contributed by atoms with Crippen molar-refractivity contribution in [1.82, 2.24) is 20.2 Å². The molecule has 1 aliphatic rings. The van der Waals surface area contributed by atoms with Gasteiger partial charge in [-0.3, -0.25) is 4.79 Å². The first-order valence-corrected chi connectivity index (χ1v) is 6.75. The molecule has 104 valence electrons. The molecule has 3 rings (SSSR count). The van der Waals surface area contributed by atoms with Crippen LogP contribution in [0.5, 0.6) is 5.88 Å². The van der Waals surface area contributed by atoms with E-state index in [1.54, 1.807) is 18.2 Å². The van der Waals surface area contributed by atoms with Crippen LogP contribution < -0.4 is 10.3 Å². The van der Waals surface area contributed by atoms with Gasteiger partial charge in [0.1, 0.15) is 5.69 Å². The highest BCUT2D eigenvalue weighted by Gasteiger charge is 2.20. The Morgan fingerprint density at radius 2 is 2.05 bits per heavy atom. The highest BCUT2D eigenvalue weighted by atomic mass is 16.5. The molecule has 0 spiro atoms. The van der Waals surface area contributed by atoms with Crippen LogP contribution in [-0.4, -0.2) is 27.3 Å². The van der Waals surface area contributed by atoms with Gasteiger partial charge in [-0.15, -0.1) is 10.2 Å². The maximum absolute atomic E-state index is 11.8. The molecule has 0 amide bonds. The van der Waals surface area contributed by atoms with E-state index < -0.39 is 0 Å². The van der Waals surface area contributed by atoms with E-state index in [1.807, 2.05) is 0 Å². The number of hydrogen-bond acceptors (Lipinski definition) is 5. The summed E-state index contributed by atoms with van der Waals surface area (Å²) in [4.78, 5) is 19.1. The molecule has 2 aromatic heterocycles. The molecule has 1 saturated carbocycles. The van der Waals surface area contributed by atoms with E-state index in [9.17, 15) is 4.79 Å². The molecule has 0 atom stereocenters. The summed E-state index contributed by atoms with van der Waals surface area (Å²) in [5.74, 6) is 1.29. The average Bonchev–Trinajstić information content (AvgIpc) is 3.01. The Morgan fingerprint density at radius 1 is 1.25 bits per heavy atom. The van der Waals surface area contributed by atoms with Crippen molar-refractivity contribution in [3.05, 3.63) is 34.2 Å². The number of ether oxygens (including phenoxy) is 1.